The molecule has 0 aliphatic carbocycles. The molecule has 0 saturated heterocycles. The highest BCUT2D eigenvalue weighted by atomic mass is 32.2. The largest absolute Gasteiger partial charge is 0.496 e. The van der Waals surface area contributed by atoms with Gasteiger partial charge in [0, 0.05) is 37.7 Å². The van der Waals surface area contributed by atoms with Gasteiger partial charge >= 0.3 is 10.1 Å². The summed E-state index contributed by atoms with van der Waals surface area (Å²) in [5.41, 5.74) is 4.51. The molecule has 5 rings (SSSR count). The van der Waals surface area contributed by atoms with E-state index in [2.05, 4.69) is 4.90 Å². The number of benzene rings is 3. The van der Waals surface area contributed by atoms with Crippen LogP contribution in [0.4, 0.5) is 0 Å². The van der Waals surface area contributed by atoms with Crippen molar-refractivity contribution < 1.29 is 32.0 Å². The lowest BCUT2D eigenvalue weighted by Crippen LogP contribution is -2.39. The zero-order valence-corrected chi connectivity index (χ0v) is 22.3. The summed E-state index contributed by atoms with van der Waals surface area (Å²) in [6, 6.07) is 15.7. The van der Waals surface area contributed by atoms with E-state index in [1.54, 1.807) is 31.4 Å². The van der Waals surface area contributed by atoms with Crippen LogP contribution in [0.5, 0.6) is 17.2 Å². The van der Waals surface area contributed by atoms with Gasteiger partial charge in [0.05, 0.1) is 19.8 Å². The van der Waals surface area contributed by atoms with Gasteiger partial charge in [-0.25, -0.2) is 0 Å². The predicted molar refractivity (Wildman–Crippen MR) is 141 cm³/mol. The van der Waals surface area contributed by atoms with E-state index in [9.17, 15) is 18.3 Å². The van der Waals surface area contributed by atoms with Crippen LogP contribution >= 0.6 is 0 Å². The van der Waals surface area contributed by atoms with Gasteiger partial charge in [-0.1, -0.05) is 24.3 Å². The van der Waals surface area contributed by atoms with Crippen LogP contribution in [0.1, 0.15) is 51.5 Å². The lowest BCUT2D eigenvalue weighted by atomic mass is 9.82. The molecule has 0 radical (unpaired) electrons. The number of aliphatic hydroxyl groups excluding tert-OH is 1. The fourth-order valence-corrected chi connectivity index (χ4v) is 6.38. The van der Waals surface area contributed by atoms with Gasteiger partial charge in [0.25, 0.3) is 0 Å². The van der Waals surface area contributed by atoms with Crippen molar-refractivity contribution >= 4 is 15.9 Å². The summed E-state index contributed by atoms with van der Waals surface area (Å²) in [6.45, 7) is 1.20. The number of carbonyl (C=O) groups excluding carboxylic acids is 1. The summed E-state index contributed by atoms with van der Waals surface area (Å²) in [5, 5.41) is 9.18. The number of Topliss-reactive ketones (excluding diaryl/α,β-unsaturated/α-hetero) is 1. The molecule has 3 aromatic carbocycles. The molecule has 9 heteroatoms. The summed E-state index contributed by atoms with van der Waals surface area (Å²) in [4.78, 5) is 15.3. The van der Waals surface area contributed by atoms with Gasteiger partial charge in [0.1, 0.15) is 10.6 Å². The number of aliphatic hydroxyl groups is 1. The van der Waals surface area contributed by atoms with Crippen LogP contribution in [0.15, 0.2) is 59.5 Å². The summed E-state index contributed by atoms with van der Waals surface area (Å²) < 4.78 is 42.9. The molecule has 1 atom stereocenters. The van der Waals surface area contributed by atoms with Crippen molar-refractivity contribution in [1.29, 1.82) is 0 Å². The zero-order chi connectivity index (χ0) is 26.9. The number of nitrogens with zero attached hydrogens (tertiary/aromatic N) is 1. The number of rotatable bonds is 9. The third-order valence-electron chi connectivity index (χ3n) is 7.33. The number of ketones is 1. The van der Waals surface area contributed by atoms with E-state index in [1.807, 2.05) is 18.2 Å². The molecule has 200 valence electrons. The average Bonchev–Trinajstić information content (AvgIpc) is 2.94. The molecule has 3 aromatic rings. The average molecular weight is 538 g/mol. The van der Waals surface area contributed by atoms with Crippen molar-refractivity contribution in [2.75, 3.05) is 27.4 Å². The molecule has 8 nitrogen and oxygen atoms in total. The van der Waals surface area contributed by atoms with E-state index < -0.39 is 10.1 Å². The maximum absolute atomic E-state index is 13.1. The maximum atomic E-state index is 13.1. The van der Waals surface area contributed by atoms with E-state index in [0.717, 1.165) is 35.2 Å². The van der Waals surface area contributed by atoms with E-state index in [-0.39, 0.29) is 35.5 Å². The fraction of sp³-hybridized carbons (Fsp3) is 0.345. The number of carbonyl (C=O) groups is 1. The van der Waals surface area contributed by atoms with Gasteiger partial charge in [0.2, 0.25) is 0 Å². The van der Waals surface area contributed by atoms with E-state index >= 15 is 0 Å². The summed E-state index contributed by atoms with van der Waals surface area (Å²) >= 11 is 0. The highest BCUT2D eigenvalue weighted by Gasteiger charge is 2.36. The standard InChI is InChI=1S/C29H31NO7S/c1-35-27-11-10-19-15-25-22-17-23(26(32)9-6-14-31)28(36-2)16-20(22)12-13-30(25)18-24(19)29(27)37-38(33,34)21-7-4-3-5-8-21/h3-5,7-8,10-11,16-17,25,31H,6,9,12-15,18H2,1-2H3. The molecule has 0 spiro atoms. The molecule has 0 bridgehead atoms. The molecular weight excluding hydrogens is 506 g/mol. The Morgan fingerprint density at radius 2 is 1.79 bits per heavy atom. The number of ether oxygens (including phenoxy) is 2. The van der Waals surface area contributed by atoms with Crippen molar-refractivity contribution in [3.8, 4) is 17.2 Å². The van der Waals surface area contributed by atoms with Crippen LogP contribution in [0.25, 0.3) is 0 Å². The zero-order valence-electron chi connectivity index (χ0n) is 21.5. The Labute approximate surface area is 222 Å². The molecule has 1 unspecified atom stereocenters. The maximum Gasteiger partial charge on any atom is 0.339 e. The van der Waals surface area contributed by atoms with Crippen LogP contribution in [-0.4, -0.2) is 51.6 Å². The van der Waals surface area contributed by atoms with E-state index in [4.69, 9.17) is 13.7 Å². The predicted octanol–water partition coefficient (Wildman–Crippen LogP) is 4.08. The molecular formula is C29H31NO7S. The Balaban J connectivity index is 1.52. The number of hydrogen-bond donors (Lipinski definition) is 1. The summed E-state index contributed by atoms with van der Waals surface area (Å²) in [7, 11) is -0.996. The van der Waals surface area contributed by atoms with Gasteiger partial charge in [-0.15, -0.1) is 0 Å². The Morgan fingerprint density at radius 1 is 1.03 bits per heavy atom. The minimum Gasteiger partial charge on any atom is -0.496 e. The Bertz CT molecular complexity index is 1450. The normalized spacial score (nSPS) is 16.7. The number of hydrogen-bond acceptors (Lipinski definition) is 8. The molecule has 2 aliphatic rings. The van der Waals surface area contributed by atoms with Crippen LogP contribution in [0.2, 0.25) is 0 Å². The Kier molecular flexibility index (Phi) is 7.43. The molecule has 1 N–H and O–H groups in total. The van der Waals surface area contributed by atoms with E-state index in [1.165, 1.54) is 19.2 Å². The third-order valence-corrected chi connectivity index (χ3v) is 8.57. The second kappa shape index (κ2) is 10.8. The lowest BCUT2D eigenvalue weighted by molar-refractivity contribution is 0.0967. The number of fused-ring (bicyclic) bond motifs is 4. The highest BCUT2D eigenvalue weighted by Crippen LogP contribution is 2.45. The van der Waals surface area contributed by atoms with Crippen LogP contribution in [0, 0.1) is 0 Å². The fourth-order valence-electron chi connectivity index (χ4n) is 5.39. The summed E-state index contributed by atoms with van der Waals surface area (Å²) in [6.07, 6.45) is 2.05. The Morgan fingerprint density at radius 3 is 2.50 bits per heavy atom. The first kappa shape index (κ1) is 26.2. The smallest absolute Gasteiger partial charge is 0.339 e. The molecule has 0 aromatic heterocycles. The first-order valence-electron chi connectivity index (χ1n) is 12.6. The molecule has 2 aliphatic heterocycles. The topological polar surface area (TPSA) is 102 Å². The lowest BCUT2D eigenvalue weighted by Gasteiger charge is -2.42. The molecule has 0 saturated carbocycles. The first-order valence-corrected chi connectivity index (χ1v) is 14.0. The van der Waals surface area contributed by atoms with Crippen molar-refractivity contribution in [2.24, 2.45) is 0 Å². The van der Waals surface area contributed by atoms with Gasteiger partial charge in [-0.2, -0.15) is 8.42 Å². The Hall–Kier alpha value is -3.40. The molecule has 0 fully saturated rings. The minimum absolute atomic E-state index is 0.0218. The summed E-state index contributed by atoms with van der Waals surface area (Å²) in [5.74, 6) is 1.08. The molecule has 0 amide bonds. The highest BCUT2D eigenvalue weighted by molar-refractivity contribution is 7.87. The van der Waals surface area contributed by atoms with E-state index in [0.29, 0.717) is 36.4 Å². The molecule has 38 heavy (non-hydrogen) atoms. The second-order valence-corrected chi connectivity index (χ2v) is 11.1. The first-order chi connectivity index (χ1) is 18.4. The quantitative estimate of drug-likeness (QED) is 0.322. The van der Waals surface area contributed by atoms with Gasteiger partial charge in [-0.3, -0.25) is 9.69 Å². The second-order valence-electron chi connectivity index (χ2n) is 9.53. The number of methoxy groups -OCH3 is 2. The van der Waals surface area contributed by atoms with Crippen molar-refractivity contribution in [2.45, 2.75) is 43.2 Å². The minimum atomic E-state index is -4.06. The third kappa shape index (κ3) is 4.89. The van der Waals surface area contributed by atoms with Crippen molar-refractivity contribution in [1.82, 2.24) is 4.90 Å². The SMILES string of the molecule is COc1cc2c(cc1C(=O)CCCO)C1Cc3ccc(OC)c(OS(=O)(=O)c4ccccc4)c3CN1CC2. The van der Waals surface area contributed by atoms with Crippen molar-refractivity contribution in [3.05, 3.63) is 82.4 Å². The van der Waals surface area contributed by atoms with Crippen LogP contribution in [-0.2, 0) is 29.5 Å². The van der Waals surface area contributed by atoms with Crippen LogP contribution < -0.4 is 13.7 Å². The monoisotopic (exact) mass is 537 g/mol. The van der Waals surface area contributed by atoms with Gasteiger partial charge in [0.15, 0.2) is 17.3 Å². The van der Waals surface area contributed by atoms with Gasteiger partial charge in [-0.05, 0) is 66.3 Å². The molecule has 2 heterocycles. The van der Waals surface area contributed by atoms with Crippen molar-refractivity contribution in [3.63, 3.8) is 0 Å². The van der Waals surface area contributed by atoms with Gasteiger partial charge < -0.3 is 18.8 Å². The van der Waals surface area contributed by atoms with Crippen LogP contribution in [0.3, 0.4) is 0 Å².